The minimum Gasteiger partial charge on any atom is -0.457 e. The molecule has 0 saturated carbocycles. The Morgan fingerprint density at radius 1 is 1.17 bits per heavy atom. The summed E-state index contributed by atoms with van der Waals surface area (Å²) in [5.41, 5.74) is 0.883. The quantitative estimate of drug-likeness (QED) is 0.468. The molecule has 1 rings (SSSR count). The molecule has 0 aliphatic carbocycles. The van der Waals surface area contributed by atoms with Crippen LogP contribution >= 0.6 is 0 Å². The van der Waals surface area contributed by atoms with Crippen molar-refractivity contribution in [2.24, 2.45) is 0 Å². The zero-order valence-corrected chi connectivity index (χ0v) is 10.9. The van der Waals surface area contributed by atoms with Crippen LogP contribution in [0.25, 0.3) is 0 Å². The molecule has 98 valence electrons. The number of esters is 2. The molecule has 4 heteroatoms. The van der Waals surface area contributed by atoms with Crippen LogP contribution in [0, 0.1) is 0 Å². The molecule has 0 aromatic heterocycles. The van der Waals surface area contributed by atoms with E-state index >= 15 is 0 Å². The van der Waals surface area contributed by atoms with Gasteiger partial charge in [-0.15, -0.1) is 0 Å². The van der Waals surface area contributed by atoms with Crippen LogP contribution < -0.4 is 4.74 Å². The highest BCUT2D eigenvalue weighted by molar-refractivity contribution is 6.30. The summed E-state index contributed by atoms with van der Waals surface area (Å²) in [4.78, 5) is 22.8. The highest BCUT2D eigenvalue weighted by Crippen LogP contribution is 2.25. The molecule has 0 spiro atoms. The summed E-state index contributed by atoms with van der Waals surface area (Å²) in [6, 6.07) is 7.15. The van der Waals surface area contributed by atoms with Crippen molar-refractivity contribution in [3.05, 3.63) is 29.8 Å². The average molecular weight is 250 g/mol. The van der Waals surface area contributed by atoms with Gasteiger partial charge in [0.2, 0.25) is 0 Å². The van der Waals surface area contributed by atoms with Gasteiger partial charge in [0, 0.05) is 0 Å². The van der Waals surface area contributed by atoms with Crippen molar-refractivity contribution in [2.45, 2.75) is 33.1 Å². The van der Waals surface area contributed by atoms with Gasteiger partial charge in [-0.05, 0) is 24.0 Å². The minimum atomic E-state index is -0.975. The molecule has 1 aromatic rings. The van der Waals surface area contributed by atoms with Gasteiger partial charge in [0.1, 0.15) is 5.75 Å². The lowest BCUT2D eigenvalue weighted by Crippen LogP contribution is -2.23. The third-order valence-corrected chi connectivity index (χ3v) is 2.35. The highest BCUT2D eigenvalue weighted by atomic mass is 16.6. The van der Waals surface area contributed by atoms with Crippen molar-refractivity contribution in [1.82, 2.24) is 0 Å². The van der Waals surface area contributed by atoms with Crippen LogP contribution in [0.3, 0.4) is 0 Å². The molecule has 0 aliphatic rings. The van der Waals surface area contributed by atoms with E-state index in [9.17, 15) is 9.59 Å². The number of ether oxygens (including phenoxy) is 2. The van der Waals surface area contributed by atoms with Crippen LogP contribution in [0.15, 0.2) is 24.3 Å². The average Bonchev–Trinajstić information content (AvgIpc) is 2.36. The number of rotatable bonds is 4. The van der Waals surface area contributed by atoms with E-state index in [1.165, 1.54) is 0 Å². The maximum Gasteiger partial charge on any atom is 0.422 e. The summed E-state index contributed by atoms with van der Waals surface area (Å²) >= 11 is 0. The van der Waals surface area contributed by atoms with Gasteiger partial charge in [0.05, 0.1) is 6.61 Å². The minimum absolute atomic E-state index is 0.209. The second kappa shape index (κ2) is 6.79. The molecule has 0 amide bonds. The van der Waals surface area contributed by atoms with Gasteiger partial charge in [-0.2, -0.15) is 0 Å². The largest absolute Gasteiger partial charge is 0.457 e. The van der Waals surface area contributed by atoms with Gasteiger partial charge >= 0.3 is 11.9 Å². The summed E-state index contributed by atoms with van der Waals surface area (Å²) in [6.07, 6.45) is 0.668. The fourth-order valence-corrected chi connectivity index (χ4v) is 1.45. The fourth-order valence-electron chi connectivity index (χ4n) is 1.45. The van der Waals surface area contributed by atoms with E-state index < -0.39 is 11.9 Å². The maximum absolute atomic E-state index is 11.5. The predicted molar refractivity (Wildman–Crippen MR) is 67.4 cm³/mol. The van der Waals surface area contributed by atoms with Gasteiger partial charge in [-0.1, -0.05) is 39.0 Å². The number of carbonyl (C=O) groups is 2. The van der Waals surface area contributed by atoms with Gasteiger partial charge in [-0.25, -0.2) is 9.59 Å². The highest BCUT2D eigenvalue weighted by Gasteiger charge is 2.19. The van der Waals surface area contributed by atoms with Crippen molar-refractivity contribution in [3.63, 3.8) is 0 Å². The fraction of sp³-hybridized carbons (Fsp3) is 0.429. The lowest BCUT2D eigenvalue weighted by Gasteiger charge is -2.11. The smallest absolute Gasteiger partial charge is 0.422 e. The zero-order chi connectivity index (χ0) is 13.5. The Labute approximate surface area is 107 Å². The molecule has 0 saturated heterocycles. The number of carbonyl (C=O) groups excluding carboxylic acids is 2. The Hall–Kier alpha value is -1.84. The van der Waals surface area contributed by atoms with E-state index in [1.807, 2.05) is 32.9 Å². The van der Waals surface area contributed by atoms with Crippen LogP contribution in [-0.2, 0) is 14.3 Å². The molecule has 0 bridgehead atoms. The summed E-state index contributed by atoms with van der Waals surface area (Å²) in [5.74, 6) is -1.31. The first-order chi connectivity index (χ1) is 8.56. The normalized spacial score (nSPS) is 10.2. The van der Waals surface area contributed by atoms with Gasteiger partial charge in [0.25, 0.3) is 0 Å². The SMILES string of the molecule is CCCOC(=O)C(=O)Oc1ccccc1C(C)C. The van der Waals surface area contributed by atoms with E-state index in [0.29, 0.717) is 12.2 Å². The number of hydrogen-bond donors (Lipinski definition) is 0. The lowest BCUT2D eigenvalue weighted by atomic mass is 10.0. The van der Waals surface area contributed by atoms with Crippen LogP contribution in [0.5, 0.6) is 5.75 Å². The van der Waals surface area contributed by atoms with E-state index in [2.05, 4.69) is 0 Å². The molecular weight excluding hydrogens is 232 g/mol. The molecule has 0 atom stereocenters. The van der Waals surface area contributed by atoms with Crippen LogP contribution in [0.1, 0.15) is 38.7 Å². The number of benzene rings is 1. The molecular formula is C14H18O4. The van der Waals surface area contributed by atoms with E-state index in [1.54, 1.807) is 12.1 Å². The number of para-hydroxylation sites is 1. The van der Waals surface area contributed by atoms with E-state index in [-0.39, 0.29) is 12.5 Å². The molecule has 0 unspecified atom stereocenters. The predicted octanol–water partition coefficient (Wildman–Crippen LogP) is 2.67. The molecule has 0 heterocycles. The van der Waals surface area contributed by atoms with Crippen LogP contribution in [0.4, 0.5) is 0 Å². The molecule has 0 aliphatic heterocycles. The Balaban J connectivity index is 2.73. The third-order valence-electron chi connectivity index (χ3n) is 2.35. The van der Waals surface area contributed by atoms with Crippen molar-refractivity contribution in [1.29, 1.82) is 0 Å². The van der Waals surface area contributed by atoms with Crippen molar-refractivity contribution in [2.75, 3.05) is 6.61 Å². The second-order valence-electron chi connectivity index (χ2n) is 4.22. The Morgan fingerprint density at radius 2 is 1.83 bits per heavy atom. The first kappa shape index (κ1) is 14.2. The Bertz CT molecular complexity index is 424. The van der Waals surface area contributed by atoms with Crippen molar-refractivity contribution < 1.29 is 19.1 Å². The summed E-state index contributed by atoms with van der Waals surface area (Å²) < 4.78 is 9.76. The summed E-state index contributed by atoms with van der Waals surface area (Å²) in [6.45, 7) is 6.05. The first-order valence-corrected chi connectivity index (χ1v) is 6.04. The molecule has 1 aromatic carbocycles. The van der Waals surface area contributed by atoms with Gasteiger partial charge < -0.3 is 9.47 Å². The lowest BCUT2D eigenvalue weighted by molar-refractivity contribution is -0.162. The second-order valence-corrected chi connectivity index (χ2v) is 4.22. The summed E-state index contributed by atoms with van der Waals surface area (Å²) in [5, 5.41) is 0. The monoisotopic (exact) mass is 250 g/mol. The number of hydrogen-bond acceptors (Lipinski definition) is 4. The Kier molecular flexibility index (Phi) is 5.36. The summed E-state index contributed by atoms with van der Waals surface area (Å²) in [7, 11) is 0. The molecule has 0 N–H and O–H groups in total. The molecule has 18 heavy (non-hydrogen) atoms. The zero-order valence-electron chi connectivity index (χ0n) is 10.9. The van der Waals surface area contributed by atoms with Crippen molar-refractivity contribution >= 4 is 11.9 Å². The van der Waals surface area contributed by atoms with Gasteiger partial charge in [-0.3, -0.25) is 0 Å². The third kappa shape index (κ3) is 3.87. The van der Waals surface area contributed by atoms with E-state index in [4.69, 9.17) is 9.47 Å². The maximum atomic E-state index is 11.5. The standard InChI is InChI=1S/C14H18O4/c1-4-9-17-13(15)14(16)18-12-8-6-5-7-11(12)10(2)3/h5-8,10H,4,9H2,1-3H3. The van der Waals surface area contributed by atoms with Crippen LogP contribution in [-0.4, -0.2) is 18.5 Å². The van der Waals surface area contributed by atoms with Crippen LogP contribution in [0.2, 0.25) is 0 Å². The van der Waals surface area contributed by atoms with Crippen molar-refractivity contribution in [3.8, 4) is 5.75 Å². The Morgan fingerprint density at radius 3 is 2.44 bits per heavy atom. The molecule has 0 radical (unpaired) electrons. The van der Waals surface area contributed by atoms with Gasteiger partial charge in [0.15, 0.2) is 0 Å². The first-order valence-electron chi connectivity index (χ1n) is 6.04. The topological polar surface area (TPSA) is 52.6 Å². The molecule has 0 fully saturated rings. The van der Waals surface area contributed by atoms with E-state index in [0.717, 1.165) is 5.56 Å². The molecule has 4 nitrogen and oxygen atoms in total.